The van der Waals surface area contributed by atoms with Crippen LogP contribution in [0.15, 0.2) is 30.3 Å². The fourth-order valence-electron chi connectivity index (χ4n) is 1.23. The number of amides is 1. The Hall–Kier alpha value is -1.46. The molecular formula is C11H6ClF2NOS. The monoisotopic (exact) mass is 273 g/mol. The second kappa shape index (κ2) is 4.81. The second-order valence-electron chi connectivity index (χ2n) is 3.15. The van der Waals surface area contributed by atoms with Crippen LogP contribution in [0.2, 0.25) is 4.34 Å². The minimum atomic E-state index is -0.819. The molecule has 0 fully saturated rings. The minimum Gasteiger partial charge on any atom is -0.316 e. The average Bonchev–Trinajstić information content (AvgIpc) is 2.70. The molecule has 1 N–H and O–H groups in total. The molecule has 6 heteroatoms. The number of halogens is 3. The third kappa shape index (κ3) is 2.62. The lowest BCUT2D eigenvalue weighted by Gasteiger charge is -2.05. The molecule has 1 heterocycles. The number of anilines is 1. The smallest absolute Gasteiger partial charge is 0.265 e. The summed E-state index contributed by atoms with van der Waals surface area (Å²) in [6, 6.07) is 6.39. The molecule has 0 atom stereocenters. The van der Waals surface area contributed by atoms with E-state index in [2.05, 4.69) is 5.32 Å². The molecule has 1 aromatic heterocycles. The Bertz CT molecular complexity index is 550. The number of benzene rings is 1. The van der Waals surface area contributed by atoms with Crippen molar-refractivity contribution in [1.29, 1.82) is 0 Å². The molecule has 2 rings (SSSR count). The van der Waals surface area contributed by atoms with Gasteiger partial charge in [-0.2, -0.15) is 0 Å². The van der Waals surface area contributed by atoms with Gasteiger partial charge in [0.25, 0.3) is 5.91 Å². The van der Waals surface area contributed by atoms with E-state index in [0.717, 1.165) is 23.5 Å². The van der Waals surface area contributed by atoms with Crippen molar-refractivity contribution < 1.29 is 13.6 Å². The van der Waals surface area contributed by atoms with Crippen LogP contribution in [0, 0.1) is 11.6 Å². The molecule has 2 nitrogen and oxygen atoms in total. The van der Waals surface area contributed by atoms with Crippen LogP contribution in [0.1, 0.15) is 9.67 Å². The van der Waals surface area contributed by atoms with Crippen LogP contribution in [0.25, 0.3) is 0 Å². The number of rotatable bonds is 2. The molecule has 0 aliphatic heterocycles. The maximum atomic E-state index is 13.3. The van der Waals surface area contributed by atoms with Crippen molar-refractivity contribution in [3.63, 3.8) is 0 Å². The molecule has 1 aromatic carbocycles. The van der Waals surface area contributed by atoms with Crippen molar-refractivity contribution in [2.24, 2.45) is 0 Å². The first kappa shape index (κ1) is 12.0. The van der Waals surface area contributed by atoms with E-state index in [1.807, 2.05) is 0 Å². The summed E-state index contributed by atoms with van der Waals surface area (Å²) in [6.45, 7) is 0. The molecule has 0 saturated heterocycles. The largest absolute Gasteiger partial charge is 0.316 e. The van der Waals surface area contributed by atoms with Crippen LogP contribution in [0.5, 0.6) is 0 Å². The van der Waals surface area contributed by atoms with Gasteiger partial charge in [-0.3, -0.25) is 4.79 Å². The number of nitrogens with one attached hydrogen (secondary N) is 1. The number of carbonyl (C=O) groups is 1. The Morgan fingerprint density at radius 2 is 1.82 bits per heavy atom. The molecule has 0 saturated carbocycles. The van der Waals surface area contributed by atoms with Gasteiger partial charge in [0.15, 0.2) is 0 Å². The number of hydrogen-bond donors (Lipinski definition) is 1. The summed E-state index contributed by atoms with van der Waals surface area (Å²) < 4.78 is 26.9. The second-order valence-corrected chi connectivity index (χ2v) is 4.87. The van der Waals surface area contributed by atoms with E-state index < -0.39 is 23.2 Å². The summed E-state index contributed by atoms with van der Waals surface area (Å²) >= 11 is 6.70. The van der Waals surface area contributed by atoms with E-state index in [0.29, 0.717) is 4.34 Å². The first-order chi connectivity index (χ1) is 8.08. The maximum Gasteiger partial charge on any atom is 0.265 e. The predicted octanol–water partition coefficient (Wildman–Crippen LogP) is 3.93. The fourth-order valence-corrected chi connectivity index (χ4v) is 2.17. The van der Waals surface area contributed by atoms with Gasteiger partial charge in [-0.1, -0.05) is 17.7 Å². The van der Waals surface area contributed by atoms with Crippen LogP contribution < -0.4 is 5.32 Å². The van der Waals surface area contributed by atoms with E-state index in [-0.39, 0.29) is 4.88 Å². The lowest BCUT2D eigenvalue weighted by molar-refractivity contribution is 0.102. The van der Waals surface area contributed by atoms with Crippen molar-refractivity contribution in [2.75, 3.05) is 5.32 Å². The number of carbonyl (C=O) groups excluding carboxylic acids is 1. The van der Waals surface area contributed by atoms with Crippen molar-refractivity contribution in [2.45, 2.75) is 0 Å². The highest BCUT2D eigenvalue weighted by atomic mass is 35.5. The zero-order chi connectivity index (χ0) is 12.4. The van der Waals surface area contributed by atoms with Crippen LogP contribution in [-0.2, 0) is 0 Å². The van der Waals surface area contributed by atoms with Gasteiger partial charge < -0.3 is 5.32 Å². The van der Waals surface area contributed by atoms with E-state index in [1.165, 1.54) is 12.1 Å². The molecule has 0 spiro atoms. The highest BCUT2D eigenvalue weighted by Crippen LogP contribution is 2.24. The lowest BCUT2D eigenvalue weighted by Crippen LogP contribution is -2.12. The Morgan fingerprint density at radius 1 is 1.18 bits per heavy atom. The minimum absolute atomic E-state index is 0.289. The van der Waals surface area contributed by atoms with E-state index >= 15 is 0 Å². The summed E-state index contributed by atoms with van der Waals surface area (Å²) in [4.78, 5) is 11.9. The van der Waals surface area contributed by atoms with Gasteiger partial charge in [-0.15, -0.1) is 11.3 Å². The Balaban J connectivity index is 2.24. The first-order valence-corrected chi connectivity index (χ1v) is 5.78. The van der Waals surface area contributed by atoms with Gasteiger partial charge in [0.2, 0.25) is 0 Å². The summed E-state index contributed by atoms with van der Waals surface area (Å²) in [7, 11) is 0. The first-order valence-electron chi connectivity index (χ1n) is 4.58. The number of para-hydroxylation sites is 1. The molecule has 17 heavy (non-hydrogen) atoms. The van der Waals surface area contributed by atoms with Crippen LogP contribution >= 0.6 is 22.9 Å². The van der Waals surface area contributed by atoms with Crippen LogP contribution in [0.4, 0.5) is 14.5 Å². The van der Waals surface area contributed by atoms with E-state index in [9.17, 15) is 13.6 Å². The van der Waals surface area contributed by atoms with Crippen molar-refractivity contribution in [3.8, 4) is 0 Å². The van der Waals surface area contributed by atoms with Gasteiger partial charge in [-0.25, -0.2) is 8.78 Å². The Morgan fingerprint density at radius 3 is 2.35 bits per heavy atom. The zero-order valence-corrected chi connectivity index (χ0v) is 9.91. The van der Waals surface area contributed by atoms with Crippen LogP contribution in [-0.4, -0.2) is 5.91 Å². The predicted molar refractivity (Wildman–Crippen MR) is 63.6 cm³/mol. The quantitative estimate of drug-likeness (QED) is 0.882. The third-order valence-electron chi connectivity index (χ3n) is 2.00. The van der Waals surface area contributed by atoms with Gasteiger partial charge in [0.1, 0.15) is 17.3 Å². The van der Waals surface area contributed by atoms with E-state index in [1.54, 1.807) is 6.07 Å². The number of hydrogen-bond acceptors (Lipinski definition) is 2. The van der Waals surface area contributed by atoms with Gasteiger partial charge in [0.05, 0.1) is 9.21 Å². The highest BCUT2D eigenvalue weighted by molar-refractivity contribution is 7.18. The SMILES string of the molecule is O=C(Nc1c(F)cccc1F)c1ccc(Cl)s1. The van der Waals surface area contributed by atoms with Crippen molar-refractivity contribution in [3.05, 3.63) is 51.2 Å². The Labute approximate surface area is 105 Å². The molecule has 88 valence electrons. The molecule has 0 unspecified atom stereocenters. The van der Waals surface area contributed by atoms with Crippen molar-refractivity contribution in [1.82, 2.24) is 0 Å². The van der Waals surface area contributed by atoms with E-state index in [4.69, 9.17) is 11.6 Å². The molecule has 0 bridgehead atoms. The summed E-state index contributed by atoms with van der Waals surface area (Å²) in [5.74, 6) is -2.23. The summed E-state index contributed by atoms with van der Waals surface area (Å²) in [5, 5.41) is 2.17. The van der Waals surface area contributed by atoms with Crippen molar-refractivity contribution >= 4 is 34.5 Å². The maximum absolute atomic E-state index is 13.3. The van der Waals surface area contributed by atoms with Crippen LogP contribution in [0.3, 0.4) is 0 Å². The number of thiophene rings is 1. The standard InChI is InChI=1S/C11H6ClF2NOS/c12-9-5-4-8(17-9)11(16)15-10-6(13)2-1-3-7(10)14/h1-5H,(H,15,16). The normalized spacial score (nSPS) is 10.3. The summed E-state index contributed by atoms with van der Waals surface area (Å²) in [6.07, 6.45) is 0. The molecule has 1 amide bonds. The molecular weight excluding hydrogens is 268 g/mol. The van der Waals surface area contributed by atoms with Gasteiger partial charge in [-0.05, 0) is 24.3 Å². The molecule has 0 aliphatic carbocycles. The molecule has 0 aliphatic rings. The molecule has 2 aromatic rings. The highest BCUT2D eigenvalue weighted by Gasteiger charge is 2.14. The Kier molecular flexibility index (Phi) is 3.40. The fraction of sp³-hybridized carbons (Fsp3) is 0. The third-order valence-corrected chi connectivity index (χ3v) is 3.23. The lowest BCUT2D eigenvalue weighted by atomic mass is 10.3. The topological polar surface area (TPSA) is 29.1 Å². The summed E-state index contributed by atoms with van der Waals surface area (Å²) in [5.41, 5.74) is -0.456. The van der Waals surface area contributed by atoms with Gasteiger partial charge >= 0.3 is 0 Å². The average molecular weight is 274 g/mol. The zero-order valence-electron chi connectivity index (χ0n) is 8.34. The molecule has 0 radical (unpaired) electrons. The van der Waals surface area contributed by atoms with Gasteiger partial charge in [0, 0.05) is 0 Å².